The van der Waals surface area contributed by atoms with E-state index in [2.05, 4.69) is 10.3 Å². The van der Waals surface area contributed by atoms with Crippen LogP contribution in [-0.2, 0) is 4.74 Å². The first-order valence-corrected chi connectivity index (χ1v) is 6.89. The van der Waals surface area contributed by atoms with E-state index in [9.17, 15) is 10.1 Å². The molecule has 0 amide bonds. The van der Waals surface area contributed by atoms with Crippen molar-refractivity contribution >= 4 is 23.1 Å². The third kappa shape index (κ3) is 2.21. The molecular weight excluding hydrogens is 284 g/mol. The molecule has 1 aromatic rings. The van der Waals surface area contributed by atoms with Crippen molar-refractivity contribution in [1.82, 2.24) is 4.98 Å². The van der Waals surface area contributed by atoms with E-state index >= 15 is 0 Å². The smallest absolute Gasteiger partial charge is 0.289 e. The lowest BCUT2D eigenvalue weighted by Gasteiger charge is -2.52. The van der Waals surface area contributed by atoms with Crippen LogP contribution >= 0.6 is 11.6 Å². The Morgan fingerprint density at radius 2 is 2.40 bits per heavy atom. The van der Waals surface area contributed by atoms with Crippen molar-refractivity contribution in [2.75, 3.05) is 11.9 Å². The molecule has 0 aromatic carbocycles. The maximum atomic E-state index is 10.6. The molecule has 1 aliphatic heterocycles. The highest BCUT2D eigenvalue weighted by molar-refractivity contribution is 6.33. The molecule has 1 aliphatic carbocycles. The van der Waals surface area contributed by atoms with Crippen LogP contribution in [0.5, 0.6) is 0 Å². The second-order valence-corrected chi connectivity index (χ2v) is 5.58. The molecule has 2 heterocycles. The van der Waals surface area contributed by atoms with Crippen LogP contribution in [0.4, 0.5) is 11.5 Å². The zero-order valence-electron chi connectivity index (χ0n) is 10.7. The highest BCUT2D eigenvalue weighted by Crippen LogP contribution is 2.39. The molecule has 1 saturated heterocycles. The molecule has 2 fully saturated rings. The van der Waals surface area contributed by atoms with Gasteiger partial charge in [0.05, 0.1) is 22.1 Å². The standard InChI is InChI=1S/C12H15ClN4O3/c13-8-4-6(17(18)19)5-15-12(8)16-10-9(14)7-2-1-3-20-11(7)10/h4-5,7,9-11H,1-3,14H2,(H,15,16). The first-order chi connectivity index (χ1) is 9.58. The fourth-order valence-corrected chi connectivity index (χ4v) is 3.13. The second kappa shape index (κ2) is 5.16. The van der Waals surface area contributed by atoms with Crippen molar-refractivity contribution in [2.24, 2.45) is 11.7 Å². The second-order valence-electron chi connectivity index (χ2n) is 5.17. The van der Waals surface area contributed by atoms with Crippen molar-refractivity contribution in [3.8, 4) is 0 Å². The van der Waals surface area contributed by atoms with Gasteiger partial charge in [-0.3, -0.25) is 10.1 Å². The van der Waals surface area contributed by atoms with Crippen LogP contribution in [0.3, 0.4) is 0 Å². The molecular formula is C12H15ClN4O3. The SMILES string of the molecule is NC1C2CCCOC2C1Nc1ncc([N+](=O)[O-])cc1Cl. The molecule has 4 atom stereocenters. The number of nitrogens with one attached hydrogen (secondary N) is 1. The molecule has 1 saturated carbocycles. The lowest BCUT2D eigenvalue weighted by atomic mass is 9.68. The molecule has 0 bridgehead atoms. The molecule has 0 spiro atoms. The summed E-state index contributed by atoms with van der Waals surface area (Å²) in [7, 11) is 0. The van der Waals surface area contributed by atoms with Gasteiger partial charge in [0.1, 0.15) is 12.0 Å². The van der Waals surface area contributed by atoms with E-state index < -0.39 is 4.92 Å². The fraction of sp³-hybridized carbons (Fsp3) is 0.583. The van der Waals surface area contributed by atoms with E-state index in [0.29, 0.717) is 11.7 Å². The number of ether oxygens (including phenoxy) is 1. The van der Waals surface area contributed by atoms with E-state index in [-0.39, 0.29) is 28.9 Å². The summed E-state index contributed by atoms with van der Waals surface area (Å²) < 4.78 is 5.71. The Kier molecular flexibility index (Phi) is 3.49. The first-order valence-electron chi connectivity index (χ1n) is 6.51. The topological polar surface area (TPSA) is 103 Å². The van der Waals surface area contributed by atoms with E-state index in [1.54, 1.807) is 0 Å². The van der Waals surface area contributed by atoms with Crippen molar-refractivity contribution in [3.63, 3.8) is 0 Å². The summed E-state index contributed by atoms with van der Waals surface area (Å²) in [4.78, 5) is 14.1. The maximum absolute atomic E-state index is 10.6. The highest BCUT2D eigenvalue weighted by atomic mass is 35.5. The summed E-state index contributed by atoms with van der Waals surface area (Å²) in [6.07, 6.45) is 3.37. The van der Waals surface area contributed by atoms with Crippen molar-refractivity contribution in [3.05, 3.63) is 27.4 Å². The van der Waals surface area contributed by atoms with Crippen LogP contribution in [0.2, 0.25) is 5.02 Å². The van der Waals surface area contributed by atoms with Gasteiger partial charge in [-0.2, -0.15) is 0 Å². The summed E-state index contributed by atoms with van der Waals surface area (Å²) in [6, 6.07) is 1.22. The van der Waals surface area contributed by atoms with Gasteiger partial charge in [0.15, 0.2) is 0 Å². The van der Waals surface area contributed by atoms with E-state index in [1.165, 1.54) is 12.3 Å². The molecule has 108 valence electrons. The quantitative estimate of drug-likeness (QED) is 0.648. The number of pyridine rings is 1. The minimum Gasteiger partial charge on any atom is -0.376 e. The van der Waals surface area contributed by atoms with Crippen molar-refractivity contribution < 1.29 is 9.66 Å². The van der Waals surface area contributed by atoms with Crippen LogP contribution in [-0.4, -0.2) is 34.7 Å². The monoisotopic (exact) mass is 298 g/mol. The zero-order chi connectivity index (χ0) is 14.3. The minimum absolute atomic E-state index is 0.00615. The average Bonchev–Trinajstić information content (AvgIpc) is 2.45. The number of hydrogen-bond acceptors (Lipinski definition) is 6. The molecule has 2 aliphatic rings. The normalized spacial score (nSPS) is 32.1. The van der Waals surface area contributed by atoms with Crippen molar-refractivity contribution in [2.45, 2.75) is 31.0 Å². The molecule has 4 unspecified atom stereocenters. The van der Waals surface area contributed by atoms with Gasteiger partial charge in [-0.15, -0.1) is 0 Å². The molecule has 1 aromatic heterocycles. The molecule has 8 heteroatoms. The summed E-state index contributed by atoms with van der Waals surface area (Å²) >= 11 is 6.01. The number of nitro groups is 1. The van der Waals surface area contributed by atoms with Crippen LogP contribution in [0.1, 0.15) is 12.8 Å². The number of anilines is 1. The predicted octanol–water partition coefficient (Wildman–Crippen LogP) is 1.56. The number of rotatable bonds is 3. The fourth-order valence-electron chi connectivity index (χ4n) is 2.92. The minimum atomic E-state index is -0.530. The summed E-state index contributed by atoms with van der Waals surface area (Å²) in [6.45, 7) is 0.744. The number of nitrogens with zero attached hydrogens (tertiary/aromatic N) is 2. The lowest BCUT2D eigenvalue weighted by Crippen LogP contribution is -2.69. The average molecular weight is 299 g/mol. The van der Waals surface area contributed by atoms with Crippen LogP contribution in [0.25, 0.3) is 0 Å². The number of halogens is 1. The van der Waals surface area contributed by atoms with Gasteiger partial charge in [-0.1, -0.05) is 11.6 Å². The summed E-state index contributed by atoms with van der Waals surface area (Å²) in [5.41, 5.74) is 6.00. The largest absolute Gasteiger partial charge is 0.376 e. The zero-order valence-corrected chi connectivity index (χ0v) is 11.4. The van der Waals surface area contributed by atoms with E-state index in [0.717, 1.165) is 19.4 Å². The highest BCUT2D eigenvalue weighted by Gasteiger charge is 2.50. The van der Waals surface area contributed by atoms with Crippen molar-refractivity contribution in [1.29, 1.82) is 0 Å². The Hall–Kier alpha value is -1.44. The summed E-state index contributed by atoms with van der Waals surface area (Å²) in [5, 5.41) is 14.0. The van der Waals surface area contributed by atoms with Crippen LogP contribution < -0.4 is 11.1 Å². The van der Waals surface area contributed by atoms with Gasteiger partial charge in [0.25, 0.3) is 5.69 Å². The first kappa shape index (κ1) is 13.5. The third-order valence-corrected chi connectivity index (χ3v) is 4.31. The van der Waals surface area contributed by atoms with E-state index in [4.69, 9.17) is 22.1 Å². The summed E-state index contributed by atoms with van der Waals surface area (Å²) in [5.74, 6) is 0.781. The van der Waals surface area contributed by atoms with E-state index in [1.807, 2.05) is 0 Å². The number of aromatic nitrogens is 1. The van der Waals surface area contributed by atoms with Crippen LogP contribution in [0.15, 0.2) is 12.3 Å². The number of fused-ring (bicyclic) bond motifs is 1. The van der Waals surface area contributed by atoms with Gasteiger partial charge in [0, 0.05) is 24.6 Å². The Morgan fingerprint density at radius 1 is 1.60 bits per heavy atom. The number of nitrogens with two attached hydrogens (primary N) is 1. The van der Waals surface area contributed by atoms with Gasteiger partial charge in [0.2, 0.25) is 0 Å². The Labute approximate surface area is 120 Å². The molecule has 20 heavy (non-hydrogen) atoms. The third-order valence-electron chi connectivity index (χ3n) is 4.02. The molecule has 7 nitrogen and oxygen atoms in total. The van der Waals surface area contributed by atoms with Crippen LogP contribution in [0, 0.1) is 16.0 Å². The molecule has 3 N–H and O–H groups in total. The molecule has 0 radical (unpaired) electrons. The predicted molar refractivity (Wildman–Crippen MR) is 73.8 cm³/mol. The lowest BCUT2D eigenvalue weighted by molar-refractivity contribution is -0.385. The van der Waals surface area contributed by atoms with Gasteiger partial charge in [-0.05, 0) is 12.8 Å². The number of hydrogen-bond donors (Lipinski definition) is 2. The maximum Gasteiger partial charge on any atom is 0.289 e. The molecule has 3 rings (SSSR count). The van der Waals surface area contributed by atoms with Gasteiger partial charge < -0.3 is 15.8 Å². The van der Waals surface area contributed by atoms with Gasteiger partial charge >= 0.3 is 0 Å². The Morgan fingerprint density at radius 3 is 3.10 bits per heavy atom. The Bertz CT molecular complexity index is 541. The Balaban J connectivity index is 1.73. The van der Waals surface area contributed by atoms with Gasteiger partial charge in [-0.25, -0.2) is 4.98 Å².